The molecule has 3 N–H and O–H groups in total. The lowest BCUT2D eigenvalue weighted by molar-refractivity contribution is 0.103. The van der Waals surface area contributed by atoms with Gasteiger partial charge in [-0.15, -0.1) is 11.3 Å². The molecule has 0 fully saturated rings. The van der Waals surface area contributed by atoms with Crippen LogP contribution in [0.5, 0.6) is 0 Å². The number of nitriles is 1. The summed E-state index contributed by atoms with van der Waals surface area (Å²) in [6.07, 6.45) is 0. The van der Waals surface area contributed by atoms with E-state index in [0.717, 1.165) is 0 Å². The van der Waals surface area contributed by atoms with Crippen LogP contribution in [-0.2, 0) is 0 Å². The molecule has 0 atom stereocenters. The van der Waals surface area contributed by atoms with Crippen LogP contribution in [0.1, 0.15) is 20.8 Å². The molecule has 0 aliphatic rings. The molecule has 1 aromatic heterocycles. The Labute approximate surface area is 134 Å². The van der Waals surface area contributed by atoms with Gasteiger partial charge in [0.15, 0.2) is 0 Å². The summed E-state index contributed by atoms with van der Waals surface area (Å²) >= 11 is 4.65. The molecule has 0 saturated carbocycles. The van der Waals surface area contributed by atoms with Crippen LogP contribution in [0, 0.1) is 23.2 Å². The number of nitrogens with one attached hydrogen (secondary N) is 1. The van der Waals surface area contributed by atoms with Gasteiger partial charge in [0.2, 0.25) is 0 Å². The van der Waals surface area contributed by atoms with E-state index in [0.29, 0.717) is 26.2 Å². The van der Waals surface area contributed by atoms with Gasteiger partial charge in [-0.3, -0.25) is 4.79 Å². The molecule has 0 saturated heterocycles. The summed E-state index contributed by atoms with van der Waals surface area (Å²) in [5.41, 5.74) is 7.12. The Bertz CT molecular complexity index is 780. The Morgan fingerprint density at radius 3 is 2.90 bits per heavy atom. The zero-order valence-corrected chi connectivity index (χ0v) is 13.2. The Morgan fingerprint density at radius 1 is 1.43 bits per heavy atom. The van der Waals surface area contributed by atoms with Crippen molar-refractivity contribution in [1.82, 2.24) is 0 Å². The second-order valence-electron chi connectivity index (χ2n) is 3.93. The van der Waals surface area contributed by atoms with Crippen molar-refractivity contribution in [2.45, 2.75) is 0 Å². The molecule has 1 amide bonds. The summed E-state index contributed by atoms with van der Waals surface area (Å²) in [4.78, 5) is 12.8. The standard InChI is InChI=1S/C15H10BrN3OS/c16-12-8-10(9-18)3-4-13(12)19-15(20)14-11(2-1-6-17)5-7-21-14/h3-5,7-8H,6,17H2,(H,19,20). The van der Waals surface area contributed by atoms with E-state index in [4.69, 9.17) is 11.0 Å². The molecule has 6 heteroatoms. The first-order valence-electron chi connectivity index (χ1n) is 5.93. The van der Waals surface area contributed by atoms with Crippen molar-refractivity contribution in [2.24, 2.45) is 5.73 Å². The Balaban J connectivity index is 2.23. The average molecular weight is 360 g/mol. The molecule has 2 rings (SSSR count). The smallest absolute Gasteiger partial charge is 0.267 e. The third kappa shape index (κ3) is 3.71. The number of anilines is 1. The van der Waals surface area contributed by atoms with Crippen molar-refractivity contribution >= 4 is 38.9 Å². The Hall–Kier alpha value is -2.12. The highest BCUT2D eigenvalue weighted by Gasteiger charge is 2.13. The number of hydrogen-bond acceptors (Lipinski definition) is 4. The number of carbonyl (C=O) groups is 1. The van der Waals surface area contributed by atoms with Gasteiger partial charge in [0, 0.05) is 10.0 Å². The van der Waals surface area contributed by atoms with Crippen LogP contribution in [0.4, 0.5) is 5.69 Å². The third-order valence-corrected chi connectivity index (χ3v) is 4.11. The summed E-state index contributed by atoms with van der Waals surface area (Å²) < 4.78 is 0.654. The second kappa shape index (κ2) is 7.05. The van der Waals surface area contributed by atoms with Gasteiger partial charge in [-0.1, -0.05) is 11.8 Å². The molecular formula is C15H10BrN3OS. The van der Waals surface area contributed by atoms with Crippen molar-refractivity contribution < 1.29 is 4.79 Å². The number of benzene rings is 1. The molecule has 2 aromatic rings. The molecule has 104 valence electrons. The summed E-state index contributed by atoms with van der Waals surface area (Å²) in [7, 11) is 0. The molecule has 0 spiro atoms. The van der Waals surface area contributed by atoms with Crippen molar-refractivity contribution in [2.75, 3.05) is 11.9 Å². The van der Waals surface area contributed by atoms with Crippen molar-refractivity contribution in [1.29, 1.82) is 5.26 Å². The Morgan fingerprint density at radius 2 is 2.24 bits per heavy atom. The molecule has 0 aliphatic heterocycles. The number of nitrogens with zero attached hydrogens (tertiary/aromatic N) is 1. The fourth-order valence-corrected chi connectivity index (χ4v) is 2.82. The number of thiophene rings is 1. The van der Waals surface area contributed by atoms with Gasteiger partial charge in [0.25, 0.3) is 5.91 Å². The number of nitrogens with two attached hydrogens (primary N) is 1. The first kappa shape index (κ1) is 15.3. The van der Waals surface area contributed by atoms with E-state index < -0.39 is 0 Å². The molecule has 0 unspecified atom stereocenters. The van der Waals surface area contributed by atoms with E-state index in [-0.39, 0.29) is 12.5 Å². The van der Waals surface area contributed by atoms with Crippen molar-refractivity contribution in [3.05, 3.63) is 50.1 Å². The lowest BCUT2D eigenvalue weighted by atomic mass is 10.2. The molecule has 0 aliphatic carbocycles. The highest BCUT2D eigenvalue weighted by Crippen LogP contribution is 2.25. The van der Waals surface area contributed by atoms with Crippen LogP contribution in [0.2, 0.25) is 0 Å². The first-order chi connectivity index (χ1) is 10.2. The third-order valence-electron chi connectivity index (χ3n) is 2.54. The number of hydrogen-bond donors (Lipinski definition) is 2. The topological polar surface area (TPSA) is 78.9 Å². The maximum absolute atomic E-state index is 12.3. The van der Waals surface area contributed by atoms with Gasteiger partial charge in [0.1, 0.15) is 4.88 Å². The molecule has 21 heavy (non-hydrogen) atoms. The van der Waals surface area contributed by atoms with Crippen LogP contribution in [0.3, 0.4) is 0 Å². The van der Waals surface area contributed by atoms with Gasteiger partial charge in [-0.05, 0) is 45.6 Å². The lowest BCUT2D eigenvalue weighted by Crippen LogP contribution is -2.12. The zero-order valence-electron chi connectivity index (χ0n) is 10.8. The fraction of sp³-hybridized carbons (Fsp3) is 0.0667. The predicted molar refractivity (Wildman–Crippen MR) is 87.1 cm³/mol. The SMILES string of the molecule is N#Cc1ccc(NC(=O)c2sccc2C#CCN)c(Br)c1. The van der Waals surface area contributed by atoms with Gasteiger partial charge >= 0.3 is 0 Å². The van der Waals surface area contributed by atoms with Crippen LogP contribution >= 0.6 is 27.3 Å². The zero-order chi connectivity index (χ0) is 15.2. The minimum Gasteiger partial charge on any atom is -0.320 e. The minimum absolute atomic E-state index is 0.239. The van der Waals surface area contributed by atoms with Crippen molar-refractivity contribution in [3.8, 4) is 17.9 Å². The van der Waals surface area contributed by atoms with Crippen LogP contribution in [0.25, 0.3) is 0 Å². The van der Waals surface area contributed by atoms with Gasteiger partial charge in [-0.25, -0.2) is 0 Å². The highest BCUT2D eigenvalue weighted by atomic mass is 79.9. The molecular weight excluding hydrogens is 350 g/mol. The van der Waals surface area contributed by atoms with E-state index in [2.05, 4.69) is 33.1 Å². The summed E-state index contributed by atoms with van der Waals surface area (Å²) in [6.45, 7) is 0.248. The summed E-state index contributed by atoms with van der Waals surface area (Å²) in [5.74, 6) is 5.37. The first-order valence-corrected chi connectivity index (χ1v) is 7.60. The molecule has 0 radical (unpaired) electrons. The number of halogens is 1. The number of amides is 1. The average Bonchev–Trinajstić information content (AvgIpc) is 2.95. The predicted octanol–water partition coefficient (Wildman–Crippen LogP) is 2.94. The summed E-state index contributed by atoms with van der Waals surface area (Å²) in [6, 6.07) is 8.80. The van der Waals surface area contributed by atoms with Crippen LogP contribution in [0.15, 0.2) is 34.1 Å². The molecule has 0 bridgehead atoms. The maximum Gasteiger partial charge on any atom is 0.267 e. The fourth-order valence-electron chi connectivity index (χ4n) is 1.59. The largest absolute Gasteiger partial charge is 0.320 e. The van der Waals surface area contributed by atoms with E-state index in [1.54, 1.807) is 24.3 Å². The van der Waals surface area contributed by atoms with E-state index in [9.17, 15) is 4.79 Å². The quantitative estimate of drug-likeness (QED) is 0.809. The van der Waals surface area contributed by atoms with Crippen LogP contribution in [-0.4, -0.2) is 12.5 Å². The van der Waals surface area contributed by atoms with E-state index in [1.807, 2.05) is 11.4 Å². The Kier molecular flexibility index (Phi) is 5.13. The highest BCUT2D eigenvalue weighted by molar-refractivity contribution is 9.10. The molecule has 4 nitrogen and oxygen atoms in total. The number of carbonyl (C=O) groups excluding carboxylic acids is 1. The van der Waals surface area contributed by atoms with Crippen molar-refractivity contribution in [3.63, 3.8) is 0 Å². The summed E-state index contributed by atoms with van der Waals surface area (Å²) in [5, 5.41) is 13.4. The van der Waals surface area contributed by atoms with Gasteiger partial charge < -0.3 is 11.1 Å². The molecule has 1 aromatic carbocycles. The van der Waals surface area contributed by atoms with E-state index >= 15 is 0 Å². The van der Waals surface area contributed by atoms with E-state index in [1.165, 1.54) is 11.3 Å². The number of rotatable bonds is 2. The van der Waals surface area contributed by atoms with Gasteiger partial charge in [0.05, 0.1) is 23.9 Å². The maximum atomic E-state index is 12.3. The van der Waals surface area contributed by atoms with Crippen LogP contribution < -0.4 is 11.1 Å². The lowest BCUT2D eigenvalue weighted by Gasteiger charge is -2.06. The monoisotopic (exact) mass is 359 g/mol. The normalized spacial score (nSPS) is 9.38. The molecule has 1 heterocycles. The second-order valence-corrected chi connectivity index (χ2v) is 5.70. The van der Waals surface area contributed by atoms with Gasteiger partial charge in [-0.2, -0.15) is 5.26 Å². The minimum atomic E-state index is -0.239.